The summed E-state index contributed by atoms with van der Waals surface area (Å²) >= 11 is 0. The fourth-order valence-corrected chi connectivity index (χ4v) is 1.83. The number of rotatable bonds is 3. The summed E-state index contributed by atoms with van der Waals surface area (Å²) in [6.45, 7) is 0. The van der Waals surface area contributed by atoms with Gasteiger partial charge < -0.3 is 0 Å². The Labute approximate surface area is 108 Å². The summed E-state index contributed by atoms with van der Waals surface area (Å²) in [4.78, 5) is 14.7. The number of nitro groups is 1. The van der Waals surface area contributed by atoms with Gasteiger partial charge in [0.2, 0.25) is 0 Å². The van der Waals surface area contributed by atoms with Crippen LogP contribution in [0.3, 0.4) is 0 Å². The number of pyridine rings is 1. The van der Waals surface area contributed by atoms with Crippen LogP contribution in [0, 0.1) is 10.1 Å². The third kappa shape index (κ3) is 2.23. The summed E-state index contributed by atoms with van der Waals surface area (Å²) in [5.41, 5.74) is 3.87. The molecule has 1 N–H and O–H groups in total. The number of nitrogens with one attached hydrogen (secondary N) is 1. The molecule has 0 amide bonds. The monoisotopic (exact) mass is 254 g/mol. The largest absolute Gasteiger partial charge is 0.278 e. The first-order chi connectivity index (χ1) is 9.22. The molecule has 0 atom stereocenters. The number of hydrogen-bond donors (Lipinski definition) is 1. The van der Waals surface area contributed by atoms with Gasteiger partial charge in [0, 0.05) is 29.9 Å². The summed E-state index contributed by atoms with van der Waals surface area (Å²) in [7, 11) is 0. The molecule has 0 spiro atoms. The Morgan fingerprint density at radius 1 is 1.16 bits per heavy atom. The van der Waals surface area contributed by atoms with E-state index in [9.17, 15) is 10.1 Å². The minimum Gasteiger partial charge on any atom is -0.278 e. The van der Waals surface area contributed by atoms with Gasteiger partial charge in [-0.15, -0.1) is 0 Å². The van der Waals surface area contributed by atoms with Gasteiger partial charge in [-0.3, -0.25) is 20.2 Å². The Bertz CT molecular complexity index is 737. The van der Waals surface area contributed by atoms with E-state index in [1.165, 1.54) is 12.1 Å². The van der Waals surface area contributed by atoms with Crippen LogP contribution in [-0.2, 0) is 0 Å². The minimum atomic E-state index is -0.411. The molecule has 3 rings (SSSR count). The molecule has 0 bridgehead atoms. The van der Waals surface area contributed by atoms with E-state index in [2.05, 4.69) is 10.4 Å². The van der Waals surface area contributed by atoms with Gasteiger partial charge >= 0.3 is 0 Å². The van der Waals surface area contributed by atoms with Crippen molar-refractivity contribution in [1.29, 1.82) is 0 Å². The van der Waals surface area contributed by atoms with Crippen LogP contribution in [0.2, 0.25) is 0 Å². The van der Waals surface area contributed by atoms with Crippen LogP contribution in [0.4, 0.5) is 11.5 Å². The lowest BCUT2D eigenvalue weighted by molar-refractivity contribution is -0.384. The Morgan fingerprint density at radius 2 is 1.95 bits per heavy atom. The first-order valence-corrected chi connectivity index (χ1v) is 5.67. The molecule has 6 heteroatoms. The second kappa shape index (κ2) is 4.41. The number of anilines is 1. The van der Waals surface area contributed by atoms with Gasteiger partial charge in [0.25, 0.3) is 5.69 Å². The summed E-state index contributed by atoms with van der Waals surface area (Å²) in [5.74, 6) is 0.678. The molecule has 0 aliphatic carbocycles. The summed E-state index contributed by atoms with van der Waals surface area (Å²) in [6.07, 6.45) is 3.73. The summed E-state index contributed by atoms with van der Waals surface area (Å²) < 4.78 is 1.78. The molecule has 0 unspecified atom stereocenters. The Morgan fingerprint density at radius 3 is 2.68 bits per heavy atom. The quantitative estimate of drug-likeness (QED) is 0.576. The molecule has 0 saturated heterocycles. The maximum Gasteiger partial charge on any atom is 0.270 e. The van der Waals surface area contributed by atoms with E-state index in [1.807, 2.05) is 24.5 Å². The maximum absolute atomic E-state index is 10.7. The van der Waals surface area contributed by atoms with Crippen LogP contribution < -0.4 is 5.43 Å². The number of nitrogens with zero attached hydrogens (tertiary/aromatic N) is 3. The first-order valence-electron chi connectivity index (χ1n) is 5.67. The zero-order valence-corrected chi connectivity index (χ0v) is 9.85. The highest BCUT2D eigenvalue weighted by Crippen LogP contribution is 2.21. The van der Waals surface area contributed by atoms with Gasteiger partial charge in [-0.1, -0.05) is 0 Å². The standard InChI is InChI=1S/C13H10N4O2/c18-17(19)11-4-5-12-10(9-11)3-6-13(14-12)15-16-7-1-2-8-16/h1-9H,(H,14,15). The zero-order chi connectivity index (χ0) is 13.2. The van der Waals surface area contributed by atoms with Crippen molar-refractivity contribution in [1.82, 2.24) is 9.66 Å². The maximum atomic E-state index is 10.7. The van der Waals surface area contributed by atoms with Crippen molar-refractivity contribution in [2.75, 3.05) is 5.43 Å². The summed E-state index contributed by atoms with van der Waals surface area (Å²) in [6, 6.07) is 12.0. The van der Waals surface area contributed by atoms with E-state index in [0.29, 0.717) is 11.3 Å². The molecule has 0 fully saturated rings. The molecule has 0 aliphatic rings. The van der Waals surface area contributed by atoms with E-state index < -0.39 is 4.92 Å². The van der Waals surface area contributed by atoms with Crippen LogP contribution in [0.15, 0.2) is 54.9 Å². The molecule has 3 aromatic rings. The highest BCUT2D eigenvalue weighted by Gasteiger charge is 2.07. The van der Waals surface area contributed by atoms with Crippen LogP contribution in [0.25, 0.3) is 10.9 Å². The third-order valence-electron chi connectivity index (χ3n) is 2.73. The molecular weight excluding hydrogens is 244 g/mol. The average Bonchev–Trinajstić information content (AvgIpc) is 2.91. The first kappa shape index (κ1) is 11.2. The van der Waals surface area contributed by atoms with Crippen molar-refractivity contribution in [2.45, 2.75) is 0 Å². The van der Waals surface area contributed by atoms with Crippen molar-refractivity contribution in [3.63, 3.8) is 0 Å². The number of nitro benzene ring substituents is 1. The van der Waals surface area contributed by atoms with Gasteiger partial charge in [0.1, 0.15) is 5.82 Å². The predicted octanol–water partition coefficient (Wildman–Crippen LogP) is 2.82. The minimum absolute atomic E-state index is 0.0698. The van der Waals surface area contributed by atoms with E-state index >= 15 is 0 Å². The van der Waals surface area contributed by atoms with Gasteiger partial charge in [0.05, 0.1) is 10.4 Å². The zero-order valence-electron chi connectivity index (χ0n) is 9.85. The molecule has 2 aromatic heterocycles. The molecule has 94 valence electrons. The van der Waals surface area contributed by atoms with Crippen molar-refractivity contribution in [2.24, 2.45) is 0 Å². The van der Waals surface area contributed by atoms with E-state index in [-0.39, 0.29) is 5.69 Å². The number of benzene rings is 1. The predicted molar refractivity (Wildman–Crippen MR) is 71.9 cm³/mol. The molecule has 19 heavy (non-hydrogen) atoms. The number of non-ortho nitro benzene ring substituents is 1. The highest BCUT2D eigenvalue weighted by atomic mass is 16.6. The van der Waals surface area contributed by atoms with Crippen LogP contribution in [-0.4, -0.2) is 14.6 Å². The second-order valence-electron chi connectivity index (χ2n) is 4.03. The van der Waals surface area contributed by atoms with Gasteiger partial charge in [-0.05, 0) is 30.3 Å². The smallest absolute Gasteiger partial charge is 0.270 e. The van der Waals surface area contributed by atoms with Gasteiger partial charge in [-0.25, -0.2) is 4.98 Å². The number of fused-ring (bicyclic) bond motifs is 1. The van der Waals surface area contributed by atoms with Crippen molar-refractivity contribution >= 4 is 22.4 Å². The molecule has 6 nitrogen and oxygen atoms in total. The van der Waals surface area contributed by atoms with Gasteiger partial charge in [-0.2, -0.15) is 0 Å². The molecule has 0 radical (unpaired) electrons. The topological polar surface area (TPSA) is 73.0 Å². The lowest BCUT2D eigenvalue weighted by atomic mass is 10.2. The Kier molecular flexibility index (Phi) is 2.60. The molecular formula is C13H10N4O2. The van der Waals surface area contributed by atoms with Gasteiger partial charge in [0.15, 0.2) is 0 Å². The molecule has 0 aliphatic heterocycles. The SMILES string of the molecule is O=[N+]([O-])c1ccc2nc(Nn3cccc3)ccc2c1. The Hall–Kier alpha value is -2.89. The number of hydrogen-bond acceptors (Lipinski definition) is 4. The van der Waals surface area contributed by atoms with E-state index in [4.69, 9.17) is 0 Å². The Balaban J connectivity index is 1.97. The molecule has 2 heterocycles. The van der Waals surface area contributed by atoms with Crippen molar-refractivity contribution in [3.8, 4) is 0 Å². The second-order valence-corrected chi connectivity index (χ2v) is 4.03. The fourth-order valence-electron chi connectivity index (χ4n) is 1.83. The van der Waals surface area contributed by atoms with E-state index in [1.54, 1.807) is 22.9 Å². The average molecular weight is 254 g/mol. The van der Waals surface area contributed by atoms with Crippen molar-refractivity contribution in [3.05, 3.63) is 65.0 Å². The van der Waals surface area contributed by atoms with Crippen LogP contribution in [0.1, 0.15) is 0 Å². The highest BCUT2D eigenvalue weighted by molar-refractivity contribution is 5.82. The molecule has 1 aromatic carbocycles. The summed E-state index contributed by atoms with van der Waals surface area (Å²) in [5, 5.41) is 11.4. The molecule has 0 saturated carbocycles. The lowest BCUT2D eigenvalue weighted by Crippen LogP contribution is -2.07. The fraction of sp³-hybridized carbons (Fsp3) is 0. The van der Waals surface area contributed by atoms with E-state index in [0.717, 1.165) is 5.39 Å². The normalized spacial score (nSPS) is 10.5. The van der Waals surface area contributed by atoms with Crippen LogP contribution in [0.5, 0.6) is 0 Å². The van der Waals surface area contributed by atoms with Crippen molar-refractivity contribution < 1.29 is 4.92 Å². The third-order valence-corrected chi connectivity index (χ3v) is 2.73. The van der Waals surface area contributed by atoms with Crippen LogP contribution >= 0.6 is 0 Å². The lowest BCUT2D eigenvalue weighted by Gasteiger charge is -2.07. The number of aromatic nitrogens is 2.